The van der Waals surface area contributed by atoms with Crippen molar-refractivity contribution in [3.05, 3.63) is 53.6 Å². The van der Waals surface area contributed by atoms with Crippen molar-refractivity contribution in [2.24, 2.45) is 11.7 Å². The van der Waals surface area contributed by atoms with Gasteiger partial charge in [0.15, 0.2) is 0 Å². The Morgan fingerprint density at radius 1 is 1.07 bits per heavy atom. The summed E-state index contributed by atoms with van der Waals surface area (Å²) in [6.07, 6.45) is 4.10. The van der Waals surface area contributed by atoms with Crippen molar-refractivity contribution in [1.29, 1.82) is 0 Å². The third-order valence-corrected chi connectivity index (χ3v) is 5.49. The van der Waals surface area contributed by atoms with Crippen molar-refractivity contribution in [1.82, 2.24) is 0 Å². The number of hydrogen-bond donors (Lipinski definition) is 2. The molecule has 4 rings (SSSR count). The van der Waals surface area contributed by atoms with E-state index in [4.69, 9.17) is 10.5 Å². The summed E-state index contributed by atoms with van der Waals surface area (Å²) in [6, 6.07) is 13.1. The number of ether oxygens (including phenoxy) is 1. The second-order valence-corrected chi connectivity index (χ2v) is 7.45. The van der Waals surface area contributed by atoms with Gasteiger partial charge in [0.05, 0.1) is 17.3 Å². The summed E-state index contributed by atoms with van der Waals surface area (Å²) < 4.78 is 5.76. The van der Waals surface area contributed by atoms with E-state index in [0.29, 0.717) is 24.3 Å². The predicted molar refractivity (Wildman–Crippen MR) is 109 cm³/mol. The van der Waals surface area contributed by atoms with Gasteiger partial charge in [-0.05, 0) is 55.5 Å². The monoisotopic (exact) mass is 379 g/mol. The Morgan fingerprint density at radius 3 is 2.64 bits per heavy atom. The highest BCUT2D eigenvalue weighted by Crippen LogP contribution is 2.32. The summed E-state index contributed by atoms with van der Waals surface area (Å²) >= 11 is 0. The zero-order valence-electron chi connectivity index (χ0n) is 15.8. The van der Waals surface area contributed by atoms with Gasteiger partial charge in [-0.25, -0.2) is 0 Å². The van der Waals surface area contributed by atoms with Crippen LogP contribution in [0, 0.1) is 5.92 Å². The molecule has 1 saturated heterocycles. The number of primary amides is 1. The quantitative estimate of drug-likeness (QED) is 0.855. The van der Waals surface area contributed by atoms with Crippen LogP contribution in [0.2, 0.25) is 0 Å². The average molecular weight is 379 g/mol. The van der Waals surface area contributed by atoms with Crippen LogP contribution >= 0.6 is 0 Å². The first-order valence-electron chi connectivity index (χ1n) is 9.82. The van der Waals surface area contributed by atoms with Crippen molar-refractivity contribution >= 4 is 23.2 Å². The lowest BCUT2D eigenvalue weighted by molar-refractivity contribution is -0.121. The van der Waals surface area contributed by atoms with E-state index in [-0.39, 0.29) is 11.8 Å². The standard InChI is InChI=1S/C22H25N3O3/c23-21(26)16-8-9-19(25-10-4-1-5-11-25)18(13-16)24-22(27)17-12-15-6-2-3-7-20(15)28-14-17/h2-3,6-9,13,17H,1,4-5,10-12,14H2,(H2,23,26)(H,24,27). The second-order valence-electron chi connectivity index (χ2n) is 7.45. The summed E-state index contributed by atoms with van der Waals surface area (Å²) in [5, 5.41) is 3.04. The number of amides is 2. The van der Waals surface area contributed by atoms with Gasteiger partial charge in [0.1, 0.15) is 12.4 Å². The molecular formula is C22H25N3O3. The largest absolute Gasteiger partial charge is 0.492 e. The van der Waals surface area contributed by atoms with Gasteiger partial charge < -0.3 is 20.7 Å². The fraction of sp³-hybridized carbons (Fsp3) is 0.364. The number of carbonyl (C=O) groups is 2. The summed E-state index contributed by atoms with van der Waals surface area (Å²) in [5.74, 6) is -0.0392. The lowest BCUT2D eigenvalue weighted by Crippen LogP contribution is -2.34. The van der Waals surface area contributed by atoms with Crippen molar-refractivity contribution in [3.63, 3.8) is 0 Å². The van der Waals surface area contributed by atoms with Crippen molar-refractivity contribution < 1.29 is 14.3 Å². The highest BCUT2D eigenvalue weighted by atomic mass is 16.5. The lowest BCUT2D eigenvalue weighted by Gasteiger charge is -2.31. The fourth-order valence-electron chi connectivity index (χ4n) is 3.93. The van der Waals surface area contributed by atoms with Crippen LogP contribution in [0.15, 0.2) is 42.5 Å². The minimum Gasteiger partial charge on any atom is -0.492 e. The summed E-state index contributed by atoms with van der Waals surface area (Å²) in [7, 11) is 0. The number of nitrogens with zero attached hydrogens (tertiary/aromatic N) is 1. The molecule has 2 heterocycles. The van der Waals surface area contributed by atoms with Gasteiger partial charge in [-0.1, -0.05) is 18.2 Å². The molecule has 1 fully saturated rings. The molecule has 2 aromatic carbocycles. The first-order valence-corrected chi connectivity index (χ1v) is 9.82. The SMILES string of the molecule is NC(=O)c1ccc(N2CCCCC2)c(NC(=O)C2COc3ccccc3C2)c1. The van der Waals surface area contributed by atoms with E-state index >= 15 is 0 Å². The van der Waals surface area contributed by atoms with Gasteiger partial charge in [0.25, 0.3) is 0 Å². The summed E-state index contributed by atoms with van der Waals surface area (Å²) in [5.41, 5.74) is 8.46. The van der Waals surface area contributed by atoms with E-state index in [1.807, 2.05) is 30.3 Å². The summed E-state index contributed by atoms with van der Waals surface area (Å²) in [6.45, 7) is 2.23. The molecule has 0 aromatic heterocycles. The second kappa shape index (κ2) is 7.92. The van der Waals surface area contributed by atoms with Crippen molar-refractivity contribution in [2.45, 2.75) is 25.7 Å². The Kier molecular flexibility index (Phi) is 5.19. The molecule has 0 aliphatic carbocycles. The van der Waals surface area contributed by atoms with Crippen LogP contribution < -0.4 is 20.7 Å². The normalized spacial score (nSPS) is 18.7. The number of piperidine rings is 1. The molecule has 0 radical (unpaired) electrons. The number of fused-ring (bicyclic) bond motifs is 1. The Labute approximate surface area is 164 Å². The van der Waals surface area contributed by atoms with Gasteiger partial charge in [0.2, 0.25) is 11.8 Å². The molecule has 1 atom stereocenters. The summed E-state index contributed by atoms with van der Waals surface area (Å²) in [4.78, 5) is 26.9. The van der Waals surface area contributed by atoms with Crippen LogP contribution in [0.1, 0.15) is 35.2 Å². The predicted octanol–water partition coefficient (Wildman–Crippen LogP) is 2.97. The lowest BCUT2D eigenvalue weighted by atomic mass is 9.96. The van der Waals surface area contributed by atoms with Crippen LogP contribution in [0.3, 0.4) is 0 Å². The zero-order valence-corrected chi connectivity index (χ0v) is 15.8. The highest BCUT2D eigenvalue weighted by Gasteiger charge is 2.27. The molecule has 6 heteroatoms. The third-order valence-electron chi connectivity index (χ3n) is 5.49. The molecule has 2 aliphatic rings. The van der Waals surface area contributed by atoms with Crippen LogP contribution in [0.5, 0.6) is 5.75 Å². The number of rotatable bonds is 4. The number of nitrogens with one attached hydrogen (secondary N) is 1. The topological polar surface area (TPSA) is 84.7 Å². The van der Waals surface area contributed by atoms with Gasteiger partial charge in [-0.15, -0.1) is 0 Å². The fourth-order valence-corrected chi connectivity index (χ4v) is 3.93. The van der Waals surface area contributed by atoms with Crippen molar-refractivity contribution in [3.8, 4) is 5.75 Å². The number of carbonyl (C=O) groups excluding carboxylic acids is 2. The van der Waals surface area contributed by atoms with Gasteiger partial charge in [-0.2, -0.15) is 0 Å². The van der Waals surface area contributed by atoms with Gasteiger partial charge >= 0.3 is 0 Å². The van der Waals surface area contributed by atoms with Gasteiger partial charge in [0, 0.05) is 18.7 Å². The maximum absolute atomic E-state index is 13.0. The minimum atomic E-state index is -0.504. The first kappa shape index (κ1) is 18.3. The Morgan fingerprint density at radius 2 is 1.86 bits per heavy atom. The molecule has 2 aliphatic heterocycles. The maximum Gasteiger partial charge on any atom is 0.248 e. The minimum absolute atomic E-state index is 0.102. The molecule has 3 N–H and O–H groups in total. The molecular weight excluding hydrogens is 354 g/mol. The van der Waals surface area contributed by atoms with Crippen LogP contribution in [0.4, 0.5) is 11.4 Å². The molecule has 2 amide bonds. The number of nitrogens with two attached hydrogens (primary N) is 1. The van der Waals surface area contributed by atoms with E-state index in [1.165, 1.54) is 6.42 Å². The number of benzene rings is 2. The van der Waals surface area contributed by atoms with E-state index in [0.717, 1.165) is 42.9 Å². The zero-order chi connectivity index (χ0) is 19.5. The van der Waals surface area contributed by atoms with E-state index in [1.54, 1.807) is 12.1 Å². The third kappa shape index (κ3) is 3.81. The van der Waals surface area contributed by atoms with Gasteiger partial charge in [-0.3, -0.25) is 9.59 Å². The molecule has 0 saturated carbocycles. The van der Waals surface area contributed by atoms with Crippen LogP contribution in [-0.2, 0) is 11.2 Å². The smallest absolute Gasteiger partial charge is 0.248 e. The Hall–Kier alpha value is -3.02. The van der Waals surface area contributed by atoms with E-state index in [2.05, 4.69) is 10.2 Å². The molecule has 2 aromatic rings. The number of para-hydroxylation sites is 1. The Bertz CT molecular complexity index is 890. The molecule has 28 heavy (non-hydrogen) atoms. The van der Waals surface area contributed by atoms with E-state index in [9.17, 15) is 9.59 Å². The maximum atomic E-state index is 13.0. The average Bonchev–Trinajstić information content (AvgIpc) is 2.74. The van der Waals surface area contributed by atoms with Crippen LogP contribution in [-0.4, -0.2) is 31.5 Å². The first-order chi connectivity index (χ1) is 13.6. The Balaban J connectivity index is 1.56. The number of hydrogen-bond acceptors (Lipinski definition) is 4. The molecule has 6 nitrogen and oxygen atoms in total. The highest BCUT2D eigenvalue weighted by molar-refractivity contribution is 6.00. The molecule has 0 bridgehead atoms. The van der Waals surface area contributed by atoms with Crippen LogP contribution in [0.25, 0.3) is 0 Å². The van der Waals surface area contributed by atoms with E-state index < -0.39 is 5.91 Å². The molecule has 1 unspecified atom stereocenters. The van der Waals surface area contributed by atoms with Crippen molar-refractivity contribution in [2.75, 3.05) is 29.9 Å². The number of anilines is 2. The molecule has 146 valence electrons. The molecule has 0 spiro atoms.